The summed E-state index contributed by atoms with van der Waals surface area (Å²) in [5.41, 5.74) is 1.99. The minimum Gasteiger partial charge on any atom is -0.354 e. The van der Waals surface area contributed by atoms with Gasteiger partial charge in [0, 0.05) is 19.0 Å². The molecule has 2 aromatic rings. The lowest BCUT2D eigenvalue weighted by Crippen LogP contribution is -2.50. The SMILES string of the molecule is C[C@H](C(=O)NCCc1ccc(S(N)(=O)=O)cc1)N1CCC(C(=O)NCc2ccccc2)CC1. The molecule has 1 saturated heterocycles. The largest absolute Gasteiger partial charge is 0.354 e. The van der Waals surface area contributed by atoms with Crippen LogP contribution in [0.4, 0.5) is 0 Å². The van der Waals surface area contributed by atoms with Gasteiger partial charge in [0.05, 0.1) is 10.9 Å². The summed E-state index contributed by atoms with van der Waals surface area (Å²) < 4.78 is 22.6. The summed E-state index contributed by atoms with van der Waals surface area (Å²) in [5.74, 6) is -0.00673. The van der Waals surface area contributed by atoms with Gasteiger partial charge in [-0.05, 0) is 62.5 Å². The first-order valence-corrected chi connectivity index (χ1v) is 12.7. The van der Waals surface area contributed by atoms with E-state index in [0.717, 1.165) is 24.0 Å². The molecule has 0 aliphatic carbocycles. The number of nitrogens with zero attached hydrogens (tertiary/aromatic N) is 1. The normalized spacial score (nSPS) is 16.2. The Morgan fingerprint density at radius 3 is 2.24 bits per heavy atom. The van der Waals surface area contributed by atoms with Crippen molar-refractivity contribution < 1.29 is 18.0 Å². The molecule has 1 aliphatic heterocycles. The number of hydrogen-bond donors (Lipinski definition) is 3. The molecule has 9 heteroatoms. The van der Waals surface area contributed by atoms with Gasteiger partial charge in [-0.2, -0.15) is 0 Å². The fourth-order valence-electron chi connectivity index (χ4n) is 3.97. The Hall–Kier alpha value is -2.75. The van der Waals surface area contributed by atoms with Crippen molar-refractivity contribution in [2.75, 3.05) is 19.6 Å². The third-order valence-corrected chi connectivity index (χ3v) is 7.03. The molecule has 0 aromatic heterocycles. The number of rotatable bonds is 9. The van der Waals surface area contributed by atoms with E-state index in [1.54, 1.807) is 12.1 Å². The van der Waals surface area contributed by atoms with E-state index in [9.17, 15) is 18.0 Å². The quantitative estimate of drug-likeness (QED) is 0.509. The van der Waals surface area contributed by atoms with Gasteiger partial charge >= 0.3 is 0 Å². The molecule has 8 nitrogen and oxygen atoms in total. The van der Waals surface area contributed by atoms with Crippen LogP contribution in [-0.4, -0.2) is 50.8 Å². The Morgan fingerprint density at radius 2 is 1.64 bits per heavy atom. The summed E-state index contributed by atoms with van der Waals surface area (Å²) in [4.78, 5) is 27.2. The third kappa shape index (κ3) is 7.38. The maximum Gasteiger partial charge on any atom is 0.238 e. The number of sulfonamides is 1. The van der Waals surface area contributed by atoms with Crippen molar-refractivity contribution in [1.29, 1.82) is 0 Å². The predicted octanol–water partition coefficient (Wildman–Crippen LogP) is 1.41. The standard InChI is InChI=1S/C24H32N4O4S/c1-18(23(29)26-14-11-19-7-9-22(10-8-19)33(25,31)32)28-15-12-21(13-16-28)24(30)27-17-20-5-3-2-4-6-20/h2-10,18,21H,11-17H2,1H3,(H,26,29)(H,27,30)(H2,25,31,32)/t18-/m1/s1. The molecule has 0 bridgehead atoms. The highest BCUT2D eigenvalue weighted by Gasteiger charge is 2.29. The second-order valence-corrected chi connectivity index (χ2v) is 9.98. The second kappa shape index (κ2) is 11.4. The molecule has 1 atom stereocenters. The van der Waals surface area contributed by atoms with Crippen molar-refractivity contribution in [3.05, 3.63) is 65.7 Å². The zero-order valence-corrected chi connectivity index (χ0v) is 19.7. The maximum atomic E-state index is 12.6. The predicted molar refractivity (Wildman–Crippen MR) is 127 cm³/mol. The van der Waals surface area contributed by atoms with Crippen LogP contribution >= 0.6 is 0 Å². The van der Waals surface area contributed by atoms with Gasteiger partial charge in [-0.1, -0.05) is 42.5 Å². The van der Waals surface area contributed by atoms with Gasteiger partial charge < -0.3 is 10.6 Å². The van der Waals surface area contributed by atoms with Gasteiger partial charge in [0.25, 0.3) is 0 Å². The number of benzene rings is 2. The van der Waals surface area contributed by atoms with E-state index in [1.807, 2.05) is 37.3 Å². The monoisotopic (exact) mass is 472 g/mol. The zero-order valence-electron chi connectivity index (χ0n) is 18.9. The molecule has 2 aromatic carbocycles. The van der Waals surface area contributed by atoms with Crippen molar-refractivity contribution in [3.63, 3.8) is 0 Å². The van der Waals surface area contributed by atoms with E-state index < -0.39 is 10.0 Å². The van der Waals surface area contributed by atoms with E-state index in [0.29, 0.717) is 32.6 Å². The van der Waals surface area contributed by atoms with Gasteiger partial charge in [0.15, 0.2) is 0 Å². The molecule has 0 radical (unpaired) electrons. The van der Waals surface area contributed by atoms with Crippen molar-refractivity contribution in [3.8, 4) is 0 Å². The molecule has 0 spiro atoms. The molecule has 2 amide bonds. The van der Waals surface area contributed by atoms with Gasteiger partial charge in [-0.25, -0.2) is 13.6 Å². The Labute approximate surface area is 195 Å². The first-order valence-electron chi connectivity index (χ1n) is 11.2. The second-order valence-electron chi connectivity index (χ2n) is 8.42. The summed E-state index contributed by atoms with van der Waals surface area (Å²) >= 11 is 0. The lowest BCUT2D eigenvalue weighted by molar-refractivity contribution is -0.128. The molecule has 0 unspecified atom stereocenters. The molecule has 0 saturated carbocycles. The highest BCUT2D eigenvalue weighted by atomic mass is 32.2. The highest BCUT2D eigenvalue weighted by Crippen LogP contribution is 2.19. The number of primary sulfonamides is 1. The van der Waals surface area contributed by atoms with Gasteiger partial charge in [-0.3, -0.25) is 14.5 Å². The van der Waals surface area contributed by atoms with Crippen LogP contribution in [-0.2, 0) is 32.6 Å². The van der Waals surface area contributed by atoms with Crippen LogP contribution in [0.2, 0.25) is 0 Å². The maximum absolute atomic E-state index is 12.6. The Kier molecular flexibility index (Phi) is 8.60. The van der Waals surface area contributed by atoms with E-state index >= 15 is 0 Å². The highest BCUT2D eigenvalue weighted by molar-refractivity contribution is 7.89. The molecule has 178 valence electrons. The van der Waals surface area contributed by atoms with Crippen molar-refractivity contribution in [2.45, 2.75) is 43.7 Å². The van der Waals surface area contributed by atoms with Crippen LogP contribution in [0, 0.1) is 5.92 Å². The summed E-state index contributed by atoms with van der Waals surface area (Å²) in [6, 6.07) is 15.9. The first kappa shape index (κ1) is 24.9. The van der Waals surface area contributed by atoms with Crippen molar-refractivity contribution >= 4 is 21.8 Å². The molecule has 4 N–H and O–H groups in total. The average Bonchev–Trinajstić information content (AvgIpc) is 2.82. The molecular weight excluding hydrogens is 440 g/mol. The van der Waals surface area contributed by atoms with Crippen LogP contribution in [0.25, 0.3) is 0 Å². The van der Waals surface area contributed by atoms with Crippen LogP contribution in [0.1, 0.15) is 30.9 Å². The van der Waals surface area contributed by atoms with Crippen LogP contribution in [0.5, 0.6) is 0 Å². The summed E-state index contributed by atoms with van der Waals surface area (Å²) in [5, 5.41) is 11.1. The first-order chi connectivity index (χ1) is 15.7. The lowest BCUT2D eigenvalue weighted by Gasteiger charge is -2.34. The smallest absolute Gasteiger partial charge is 0.238 e. The Bertz CT molecular complexity index is 1030. The molecule has 3 rings (SSSR count). The number of nitrogens with two attached hydrogens (primary N) is 1. The number of carbonyl (C=O) groups excluding carboxylic acids is 2. The number of amides is 2. The number of carbonyl (C=O) groups is 2. The fourth-order valence-corrected chi connectivity index (χ4v) is 4.48. The number of hydrogen-bond acceptors (Lipinski definition) is 5. The molecule has 1 heterocycles. The van der Waals surface area contributed by atoms with E-state index in [-0.39, 0.29) is 28.7 Å². The van der Waals surface area contributed by atoms with Crippen LogP contribution in [0.15, 0.2) is 59.5 Å². The van der Waals surface area contributed by atoms with Crippen LogP contribution < -0.4 is 15.8 Å². The summed E-state index contributed by atoms with van der Waals surface area (Å²) in [7, 11) is -3.70. The van der Waals surface area contributed by atoms with Gasteiger partial charge in [0.2, 0.25) is 21.8 Å². The molecule has 1 fully saturated rings. The van der Waals surface area contributed by atoms with E-state index in [1.165, 1.54) is 12.1 Å². The molecule has 1 aliphatic rings. The van der Waals surface area contributed by atoms with Crippen molar-refractivity contribution in [1.82, 2.24) is 15.5 Å². The van der Waals surface area contributed by atoms with E-state index in [4.69, 9.17) is 5.14 Å². The number of likely N-dealkylation sites (tertiary alicyclic amines) is 1. The van der Waals surface area contributed by atoms with Crippen LogP contribution in [0.3, 0.4) is 0 Å². The van der Waals surface area contributed by atoms with Crippen molar-refractivity contribution in [2.24, 2.45) is 11.1 Å². The van der Waals surface area contributed by atoms with Gasteiger partial charge in [0.1, 0.15) is 0 Å². The fraction of sp³-hybridized carbons (Fsp3) is 0.417. The molecule has 33 heavy (non-hydrogen) atoms. The number of piperidine rings is 1. The summed E-state index contributed by atoms with van der Waals surface area (Å²) in [6.07, 6.45) is 2.05. The lowest BCUT2D eigenvalue weighted by atomic mass is 9.94. The minimum atomic E-state index is -3.70. The number of nitrogens with one attached hydrogen (secondary N) is 2. The zero-order chi connectivity index (χ0) is 23.8. The topological polar surface area (TPSA) is 122 Å². The Morgan fingerprint density at radius 1 is 1.00 bits per heavy atom. The summed E-state index contributed by atoms with van der Waals surface area (Å²) in [6.45, 7) is 4.27. The Balaban J connectivity index is 1.37. The third-order valence-electron chi connectivity index (χ3n) is 6.10. The molecular formula is C24H32N4O4S. The minimum absolute atomic E-state index is 0.0273. The average molecular weight is 473 g/mol. The van der Waals surface area contributed by atoms with E-state index in [2.05, 4.69) is 15.5 Å². The van der Waals surface area contributed by atoms with Gasteiger partial charge in [-0.15, -0.1) is 0 Å².